The summed E-state index contributed by atoms with van der Waals surface area (Å²) in [5.74, 6) is -1.18. The van der Waals surface area contributed by atoms with Crippen LogP contribution in [0, 0.1) is 17.1 Å². The van der Waals surface area contributed by atoms with Crippen LogP contribution in [-0.4, -0.2) is 45.9 Å². The van der Waals surface area contributed by atoms with Crippen LogP contribution in [0.1, 0.15) is 43.0 Å². The summed E-state index contributed by atoms with van der Waals surface area (Å²) in [6.07, 6.45) is 1.22. The Kier molecular flexibility index (Phi) is 8.32. The van der Waals surface area contributed by atoms with E-state index in [1.54, 1.807) is 24.7 Å². The molecule has 1 amide bonds. The maximum atomic E-state index is 13.7. The van der Waals surface area contributed by atoms with Crippen LogP contribution < -0.4 is 9.64 Å². The van der Waals surface area contributed by atoms with E-state index in [1.807, 2.05) is 10.6 Å². The fourth-order valence-electron chi connectivity index (χ4n) is 4.60. The summed E-state index contributed by atoms with van der Waals surface area (Å²) in [6, 6.07) is 11.7. The van der Waals surface area contributed by atoms with Crippen LogP contribution in [0.2, 0.25) is 0 Å². The maximum Gasteiger partial charge on any atom is 0.573 e. The second-order valence-corrected chi connectivity index (χ2v) is 9.19. The molecule has 1 aliphatic rings. The Balaban J connectivity index is 1.52. The molecule has 3 aromatic rings. The van der Waals surface area contributed by atoms with Gasteiger partial charge in [0.15, 0.2) is 0 Å². The highest BCUT2D eigenvalue weighted by molar-refractivity contribution is 5.95. The predicted octanol–water partition coefficient (Wildman–Crippen LogP) is 5.25. The Hall–Kier alpha value is -3.91. The van der Waals surface area contributed by atoms with Gasteiger partial charge in [0.2, 0.25) is 5.91 Å². The molecule has 200 valence electrons. The first kappa shape index (κ1) is 27.1. The minimum absolute atomic E-state index is 0.0285. The molecule has 0 radical (unpaired) electrons. The number of imidazole rings is 1. The number of nitriles is 1. The number of carbonyl (C=O) groups excluding carboxylic acids is 1. The molecule has 2 aromatic carbocycles. The van der Waals surface area contributed by atoms with Gasteiger partial charge in [0.25, 0.3) is 0 Å². The van der Waals surface area contributed by atoms with Crippen molar-refractivity contribution in [3.63, 3.8) is 0 Å². The monoisotopic (exact) mass is 529 g/mol. The molecule has 1 aliphatic heterocycles. The number of benzene rings is 2. The highest BCUT2D eigenvalue weighted by Crippen LogP contribution is 2.29. The summed E-state index contributed by atoms with van der Waals surface area (Å²) >= 11 is 0. The molecule has 2 heterocycles. The van der Waals surface area contributed by atoms with Crippen LogP contribution in [0.5, 0.6) is 5.75 Å². The average Bonchev–Trinajstić information content (AvgIpc) is 3.30. The van der Waals surface area contributed by atoms with Crippen molar-refractivity contribution in [2.75, 3.05) is 18.0 Å². The van der Waals surface area contributed by atoms with Crippen molar-refractivity contribution in [3.8, 4) is 11.8 Å². The number of carbonyl (C=O) groups is 1. The van der Waals surface area contributed by atoms with E-state index in [2.05, 4.69) is 21.5 Å². The molecule has 1 saturated heterocycles. The summed E-state index contributed by atoms with van der Waals surface area (Å²) in [7, 11) is 0. The normalized spacial score (nSPS) is 16.5. The Morgan fingerprint density at radius 2 is 2.00 bits per heavy atom. The first-order valence-electron chi connectivity index (χ1n) is 12.2. The zero-order valence-corrected chi connectivity index (χ0v) is 20.8. The zero-order valence-electron chi connectivity index (χ0n) is 20.8. The van der Waals surface area contributed by atoms with Gasteiger partial charge in [-0.1, -0.05) is 31.9 Å². The molecule has 7 nitrogen and oxygen atoms in total. The quantitative estimate of drug-likeness (QED) is 0.354. The van der Waals surface area contributed by atoms with Crippen LogP contribution in [-0.2, 0) is 17.9 Å². The van der Waals surface area contributed by atoms with Gasteiger partial charge >= 0.3 is 6.36 Å². The molecule has 38 heavy (non-hydrogen) atoms. The number of hydrogen-bond donors (Lipinski definition) is 0. The van der Waals surface area contributed by atoms with Gasteiger partial charge < -0.3 is 14.2 Å². The van der Waals surface area contributed by atoms with Gasteiger partial charge in [-0.2, -0.15) is 5.26 Å². The Morgan fingerprint density at radius 3 is 2.74 bits per heavy atom. The minimum Gasteiger partial charge on any atom is -0.406 e. The van der Waals surface area contributed by atoms with Crippen molar-refractivity contribution in [1.82, 2.24) is 14.5 Å². The van der Waals surface area contributed by atoms with Crippen molar-refractivity contribution < 1.29 is 27.1 Å². The van der Waals surface area contributed by atoms with E-state index in [0.717, 1.165) is 30.5 Å². The molecule has 0 unspecified atom stereocenters. The summed E-state index contributed by atoms with van der Waals surface area (Å²) in [6.45, 7) is 3.29. The third-order valence-electron chi connectivity index (χ3n) is 6.47. The molecular formula is C27H27F4N5O2. The largest absolute Gasteiger partial charge is 0.573 e. The minimum atomic E-state index is -4.82. The molecule has 11 heteroatoms. The van der Waals surface area contributed by atoms with Crippen molar-refractivity contribution in [1.29, 1.82) is 5.26 Å². The van der Waals surface area contributed by atoms with Gasteiger partial charge in [0, 0.05) is 43.6 Å². The van der Waals surface area contributed by atoms with Crippen LogP contribution in [0.25, 0.3) is 0 Å². The van der Waals surface area contributed by atoms with Gasteiger partial charge in [-0.15, -0.1) is 13.2 Å². The third-order valence-corrected chi connectivity index (χ3v) is 6.47. The molecule has 0 aliphatic carbocycles. The number of piperazine rings is 1. The molecule has 0 N–H and O–H groups in total. The summed E-state index contributed by atoms with van der Waals surface area (Å²) < 4.78 is 57.8. The lowest BCUT2D eigenvalue weighted by molar-refractivity contribution is -0.274. The Labute approximate surface area is 217 Å². The van der Waals surface area contributed by atoms with Gasteiger partial charge in [-0.05, 0) is 36.2 Å². The van der Waals surface area contributed by atoms with E-state index < -0.39 is 12.2 Å². The predicted molar refractivity (Wildman–Crippen MR) is 132 cm³/mol. The van der Waals surface area contributed by atoms with Crippen LogP contribution in [0.3, 0.4) is 0 Å². The van der Waals surface area contributed by atoms with Gasteiger partial charge in [0.05, 0.1) is 24.1 Å². The third kappa shape index (κ3) is 6.69. The first-order valence-corrected chi connectivity index (χ1v) is 12.2. The van der Waals surface area contributed by atoms with Crippen LogP contribution in [0.4, 0.5) is 23.2 Å². The second kappa shape index (κ2) is 11.6. The number of nitrogens with zero attached hydrogens (tertiary/aromatic N) is 5. The lowest BCUT2D eigenvalue weighted by Crippen LogP contribution is -2.56. The number of unbranched alkanes of at least 4 members (excludes halogenated alkanes) is 1. The highest BCUT2D eigenvalue weighted by Gasteiger charge is 2.34. The first-order chi connectivity index (χ1) is 18.2. The number of rotatable bonds is 9. The lowest BCUT2D eigenvalue weighted by atomic mass is 10.0. The highest BCUT2D eigenvalue weighted by atomic mass is 19.4. The summed E-state index contributed by atoms with van der Waals surface area (Å²) in [5.41, 5.74) is 1.91. The molecule has 0 spiro atoms. The van der Waals surface area contributed by atoms with Crippen LogP contribution >= 0.6 is 0 Å². The van der Waals surface area contributed by atoms with E-state index >= 15 is 0 Å². The smallest absolute Gasteiger partial charge is 0.406 e. The van der Waals surface area contributed by atoms with Gasteiger partial charge in [0.1, 0.15) is 17.6 Å². The number of halogens is 4. The molecule has 1 fully saturated rings. The fraction of sp³-hybridized carbons (Fsp3) is 0.370. The van der Waals surface area contributed by atoms with E-state index in [4.69, 9.17) is 5.26 Å². The topological polar surface area (TPSA) is 74.4 Å². The molecule has 0 saturated carbocycles. The maximum absolute atomic E-state index is 13.7. The van der Waals surface area contributed by atoms with E-state index in [0.29, 0.717) is 25.3 Å². The number of hydrogen-bond acceptors (Lipinski definition) is 5. The lowest BCUT2D eigenvalue weighted by Gasteiger charge is -2.41. The van der Waals surface area contributed by atoms with Crippen molar-refractivity contribution in [2.24, 2.45) is 0 Å². The Morgan fingerprint density at radius 1 is 1.18 bits per heavy atom. The van der Waals surface area contributed by atoms with E-state index in [-0.39, 0.29) is 29.8 Å². The zero-order chi connectivity index (χ0) is 27.3. The number of alkyl halides is 3. The molecule has 0 bridgehead atoms. The van der Waals surface area contributed by atoms with Gasteiger partial charge in [-0.3, -0.25) is 9.69 Å². The van der Waals surface area contributed by atoms with Crippen molar-refractivity contribution >= 4 is 11.6 Å². The Bertz CT molecular complexity index is 1320. The van der Waals surface area contributed by atoms with Gasteiger partial charge in [-0.25, -0.2) is 9.37 Å². The molecule has 1 aromatic heterocycles. The molecular weight excluding hydrogens is 502 g/mol. The summed E-state index contributed by atoms with van der Waals surface area (Å²) in [5, 5.41) is 9.12. The number of aromatic nitrogens is 2. The number of anilines is 1. The average molecular weight is 530 g/mol. The van der Waals surface area contributed by atoms with Crippen molar-refractivity contribution in [3.05, 3.63) is 77.6 Å². The van der Waals surface area contributed by atoms with Crippen molar-refractivity contribution in [2.45, 2.75) is 51.7 Å². The standard InChI is InChI=1S/C27H27F4N5O2/c1-2-3-5-22-16-36(21-6-4-7-24(11-21)38-27(29,30)31)26(37)17-34(22)15-23-13-33-18-35(23)14-19-8-9-25(28)20(10-19)12-32/h4,6-11,13,18,22H,2-3,5,14-17H2,1H3/t22-/m0/s1. The van der Waals surface area contributed by atoms with E-state index in [1.165, 1.54) is 35.2 Å². The SMILES string of the molecule is CCCC[C@H]1CN(c2cccc(OC(F)(F)F)c2)C(=O)CN1Cc1cncn1Cc1ccc(F)c(C#N)c1. The molecule has 4 rings (SSSR count). The van der Waals surface area contributed by atoms with E-state index in [9.17, 15) is 22.4 Å². The number of ether oxygens (including phenoxy) is 1. The molecule has 1 atom stereocenters. The number of amides is 1. The van der Waals surface area contributed by atoms with Crippen LogP contribution in [0.15, 0.2) is 55.0 Å². The fourth-order valence-corrected chi connectivity index (χ4v) is 4.60. The second-order valence-electron chi connectivity index (χ2n) is 9.19. The summed E-state index contributed by atoms with van der Waals surface area (Å²) in [4.78, 5) is 21.0.